The molecule has 0 aromatic heterocycles. The molecule has 0 aliphatic carbocycles. The van der Waals surface area contributed by atoms with Crippen molar-refractivity contribution in [1.29, 1.82) is 0 Å². The highest BCUT2D eigenvalue weighted by molar-refractivity contribution is 7.98. The molecule has 0 bridgehead atoms. The van der Waals surface area contributed by atoms with Gasteiger partial charge in [-0.2, -0.15) is 0 Å². The highest BCUT2D eigenvalue weighted by atomic mass is 32.2. The first-order chi connectivity index (χ1) is 9.49. The highest BCUT2D eigenvalue weighted by Crippen LogP contribution is 2.17. The van der Waals surface area contributed by atoms with E-state index in [9.17, 15) is 8.42 Å². The van der Waals surface area contributed by atoms with Gasteiger partial charge in [0.15, 0.2) is 9.84 Å². The van der Waals surface area contributed by atoms with Crippen LogP contribution in [0, 0.1) is 0 Å². The van der Waals surface area contributed by atoms with Crippen LogP contribution in [0.1, 0.15) is 5.56 Å². The van der Waals surface area contributed by atoms with Gasteiger partial charge in [-0.3, -0.25) is 0 Å². The fraction of sp³-hybridized carbons (Fsp3) is 0.200. The van der Waals surface area contributed by atoms with Crippen molar-refractivity contribution in [3.63, 3.8) is 0 Å². The summed E-state index contributed by atoms with van der Waals surface area (Å²) in [6.07, 6.45) is 3.26. The molecule has 0 aliphatic rings. The van der Waals surface area contributed by atoms with Gasteiger partial charge < -0.3 is 5.32 Å². The number of thioether (sulfide) groups is 1. The monoisotopic (exact) mass is 307 g/mol. The van der Waals surface area contributed by atoms with E-state index in [1.54, 1.807) is 36.0 Å². The molecule has 3 nitrogen and oxygen atoms in total. The van der Waals surface area contributed by atoms with Crippen molar-refractivity contribution >= 4 is 27.3 Å². The lowest BCUT2D eigenvalue weighted by Crippen LogP contribution is -2.00. The number of benzene rings is 2. The molecule has 20 heavy (non-hydrogen) atoms. The zero-order valence-electron chi connectivity index (χ0n) is 11.5. The topological polar surface area (TPSA) is 46.2 Å². The molecule has 0 saturated heterocycles. The molecule has 0 unspecified atom stereocenters. The molecule has 1 N–H and O–H groups in total. The van der Waals surface area contributed by atoms with Crippen LogP contribution in [0.25, 0.3) is 0 Å². The minimum Gasteiger partial charge on any atom is -0.381 e. The van der Waals surface area contributed by atoms with Crippen molar-refractivity contribution in [1.82, 2.24) is 0 Å². The van der Waals surface area contributed by atoms with E-state index in [1.165, 1.54) is 16.7 Å². The summed E-state index contributed by atoms with van der Waals surface area (Å²) < 4.78 is 22.7. The number of sulfone groups is 1. The summed E-state index contributed by atoms with van der Waals surface area (Å²) in [6.45, 7) is 0.715. The van der Waals surface area contributed by atoms with E-state index in [-0.39, 0.29) is 0 Å². The van der Waals surface area contributed by atoms with Gasteiger partial charge in [-0.15, -0.1) is 11.8 Å². The van der Waals surface area contributed by atoms with Gasteiger partial charge in [-0.1, -0.05) is 12.1 Å². The van der Waals surface area contributed by atoms with Gasteiger partial charge in [0.05, 0.1) is 4.90 Å². The number of anilines is 1. The van der Waals surface area contributed by atoms with Crippen LogP contribution >= 0.6 is 11.8 Å². The minimum atomic E-state index is -3.12. The Morgan fingerprint density at radius 2 is 1.60 bits per heavy atom. The number of hydrogen-bond donors (Lipinski definition) is 1. The summed E-state index contributed by atoms with van der Waals surface area (Å²) in [5.41, 5.74) is 2.10. The lowest BCUT2D eigenvalue weighted by atomic mass is 10.2. The van der Waals surface area contributed by atoms with Gasteiger partial charge in [0, 0.05) is 23.4 Å². The molecule has 0 aliphatic heterocycles. The van der Waals surface area contributed by atoms with Gasteiger partial charge >= 0.3 is 0 Å². The van der Waals surface area contributed by atoms with Gasteiger partial charge in [0.2, 0.25) is 0 Å². The molecule has 0 atom stereocenters. The molecule has 2 aromatic carbocycles. The Bertz CT molecular complexity index is 662. The molecule has 0 saturated carbocycles. The maximum absolute atomic E-state index is 11.4. The van der Waals surface area contributed by atoms with Crippen LogP contribution in [0.4, 0.5) is 5.69 Å². The summed E-state index contributed by atoms with van der Waals surface area (Å²) in [7, 11) is -3.12. The molecule has 0 fully saturated rings. The van der Waals surface area contributed by atoms with Crippen LogP contribution in [0.5, 0.6) is 0 Å². The second-order valence-electron chi connectivity index (χ2n) is 4.50. The standard InChI is InChI=1S/C15H17NO2S2/c1-19-14-7-3-12(4-8-14)11-16-13-5-9-15(10-6-13)20(2,17)18/h3-10,16H,11H2,1-2H3. The summed E-state index contributed by atoms with van der Waals surface area (Å²) >= 11 is 1.72. The van der Waals surface area contributed by atoms with Crippen molar-refractivity contribution < 1.29 is 8.42 Å². The smallest absolute Gasteiger partial charge is 0.175 e. The molecule has 2 rings (SSSR count). The third-order valence-electron chi connectivity index (χ3n) is 2.94. The summed E-state index contributed by atoms with van der Waals surface area (Å²) in [5.74, 6) is 0. The van der Waals surface area contributed by atoms with Crippen molar-refractivity contribution in [3.8, 4) is 0 Å². The predicted octanol–water partition coefficient (Wildman–Crippen LogP) is 3.42. The molecule has 106 valence electrons. The molecular weight excluding hydrogens is 290 g/mol. The zero-order valence-corrected chi connectivity index (χ0v) is 13.1. The van der Waals surface area contributed by atoms with Gasteiger partial charge in [-0.25, -0.2) is 8.42 Å². The van der Waals surface area contributed by atoms with Crippen LogP contribution in [-0.2, 0) is 16.4 Å². The van der Waals surface area contributed by atoms with E-state index in [0.717, 1.165) is 5.69 Å². The Kier molecular flexibility index (Phi) is 4.73. The molecule has 2 aromatic rings. The lowest BCUT2D eigenvalue weighted by molar-refractivity contribution is 0.602. The predicted molar refractivity (Wildman–Crippen MR) is 85.1 cm³/mol. The van der Waals surface area contributed by atoms with Crippen LogP contribution < -0.4 is 5.32 Å². The second kappa shape index (κ2) is 6.33. The van der Waals surface area contributed by atoms with E-state index < -0.39 is 9.84 Å². The second-order valence-corrected chi connectivity index (χ2v) is 7.39. The lowest BCUT2D eigenvalue weighted by Gasteiger charge is -2.08. The normalized spacial score (nSPS) is 11.3. The Morgan fingerprint density at radius 3 is 2.10 bits per heavy atom. The number of hydrogen-bond acceptors (Lipinski definition) is 4. The first-order valence-electron chi connectivity index (χ1n) is 6.16. The van der Waals surface area contributed by atoms with Crippen molar-refractivity contribution in [2.45, 2.75) is 16.3 Å². The zero-order chi connectivity index (χ0) is 14.6. The van der Waals surface area contributed by atoms with Crippen LogP contribution in [0.3, 0.4) is 0 Å². The fourth-order valence-electron chi connectivity index (χ4n) is 1.77. The first-order valence-corrected chi connectivity index (χ1v) is 9.27. The SMILES string of the molecule is CSc1ccc(CNc2ccc(S(C)(=O)=O)cc2)cc1. The van der Waals surface area contributed by atoms with E-state index in [2.05, 4.69) is 35.8 Å². The summed E-state index contributed by atoms with van der Waals surface area (Å²) in [6, 6.07) is 15.2. The van der Waals surface area contributed by atoms with E-state index in [0.29, 0.717) is 11.4 Å². The first kappa shape index (κ1) is 14.9. The third-order valence-corrected chi connectivity index (χ3v) is 4.81. The molecule has 5 heteroatoms. The highest BCUT2D eigenvalue weighted by Gasteiger charge is 2.05. The Hall–Kier alpha value is -1.46. The average Bonchev–Trinajstić information content (AvgIpc) is 2.45. The Morgan fingerprint density at radius 1 is 1.00 bits per heavy atom. The van der Waals surface area contributed by atoms with Crippen molar-refractivity contribution in [2.24, 2.45) is 0 Å². The maximum atomic E-state index is 11.4. The van der Waals surface area contributed by atoms with Gasteiger partial charge in [-0.05, 0) is 48.2 Å². The van der Waals surface area contributed by atoms with Gasteiger partial charge in [0.25, 0.3) is 0 Å². The van der Waals surface area contributed by atoms with Crippen LogP contribution in [-0.4, -0.2) is 20.9 Å². The minimum absolute atomic E-state index is 0.340. The fourth-order valence-corrected chi connectivity index (χ4v) is 2.81. The van der Waals surface area contributed by atoms with Crippen molar-refractivity contribution in [2.75, 3.05) is 17.8 Å². The number of nitrogens with one attached hydrogen (secondary N) is 1. The van der Waals surface area contributed by atoms with Crippen molar-refractivity contribution in [3.05, 3.63) is 54.1 Å². The van der Waals surface area contributed by atoms with Crippen LogP contribution in [0.15, 0.2) is 58.3 Å². The third kappa shape index (κ3) is 4.02. The van der Waals surface area contributed by atoms with E-state index in [1.807, 2.05) is 0 Å². The largest absolute Gasteiger partial charge is 0.381 e. The van der Waals surface area contributed by atoms with Crippen LogP contribution in [0.2, 0.25) is 0 Å². The Balaban J connectivity index is 2.00. The quantitative estimate of drug-likeness (QED) is 0.860. The van der Waals surface area contributed by atoms with Gasteiger partial charge in [0.1, 0.15) is 0 Å². The maximum Gasteiger partial charge on any atom is 0.175 e. The van der Waals surface area contributed by atoms with E-state index >= 15 is 0 Å². The molecule has 0 heterocycles. The molecular formula is C15H17NO2S2. The molecule has 0 radical (unpaired) electrons. The summed E-state index contributed by atoms with van der Waals surface area (Å²) in [5, 5.41) is 3.28. The molecule has 0 amide bonds. The molecule has 0 spiro atoms. The summed E-state index contributed by atoms with van der Waals surface area (Å²) in [4.78, 5) is 1.58. The average molecular weight is 307 g/mol. The number of rotatable bonds is 5. The Labute approximate surface area is 124 Å². The van der Waals surface area contributed by atoms with E-state index in [4.69, 9.17) is 0 Å².